The van der Waals surface area contributed by atoms with Gasteiger partial charge in [-0.2, -0.15) is 0 Å². The normalized spacial score (nSPS) is 12.0. The van der Waals surface area contributed by atoms with Gasteiger partial charge in [0.2, 0.25) is 0 Å². The monoisotopic (exact) mass is 333 g/mol. The first-order valence-corrected chi connectivity index (χ1v) is 8.79. The molecule has 0 radical (unpaired) electrons. The van der Waals surface area contributed by atoms with E-state index in [1.165, 1.54) is 16.8 Å². The van der Waals surface area contributed by atoms with E-state index in [4.69, 9.17) is 0 Å². The molecule has 1 nitrogen and oxygen atoms in total. The summed E-state index contributed by atoms with van der Waals surface area (Å²) >= 11 is 0. The Labute approximate surface area is 154 Å². The van der Waals surface area contributed by atoms with Crippen molar-refractivity contribution >= 4 is 16.8 Å². The van der Waals surface area contributed by atoms with Crippen LogP contribution in [0.15, 0.2) is 73.9 Å². The first-order valence-electron chi connectivity index (χ1n) is 8.79. The highest BCUT2D eigenvalue weighted by Gasteiger charge is 2.12. The van der Waals surface area contributed by atoms with Crippen molar-refractivity contribution in [2.24, 2.45) is 0 Å². The van der Waals surface area contributed by atoms with Gasteiger partial charge in [-0.15, -0.1) is 0 Å². The number of allylic oxidation sites excluding steroid dienone is 10. The Balaban J connectivity index is 3.38. The molecule has 0 atom stereocenters. The Morgan fingerprint density at radius 3 is 1.92 bits per heavy atom. The van der Waals surface area contributed by atoms with Gasteiger partial charge in [0.25, 0.3) is 0 Å². The maximum absolute atomic E-state index is 4.26. The van der Waals surface area contributed by atoms with Crippen molar-refractivity contribution in [2.45, 2.75) is 27.7 Å². The van der Waals surface area contributed by atoms with Gasteiger partial charge in [0.1, 0.15) is 0 Å². The predicted molar refractivity (Wildman–Crippen MR) is 116 cm³/mol. The van der Waals surface area contributed by atoms with Crippen LogP contribution in [-0.4, -0.2) is 13.6 Å². The van der Waals surface area contributed by atoms with Crippen molar-refractivity contribution in [2.75, 3.05) is 18.5 Å². The molecule has 0 unspecified atom stereocenters. The topological polar surface area (TPSA) is 3.24 Å². The lowest BCUT2D eigenvalue weighted by atomic mass is 9.94. The lowest BCUT2D eigenvalue weighted by Crippen LogP contribution is -2.17. The molecule has 1 rings (SSSR count). The predicted octanol–water partition coefficient (Wildman–Crippen LogP) is 6.74. The lowest BCUT2D eigenvalue weighted by Gasteiger charge is -2.23. The van der Waals surface area contributed by atoms with Crippen LogP contribution in [-0.2, 0) is 0 Å². The second-order valence-corrected chi connectivity index (χ2v) is 6.02. The lowest BCUT2D eigenvalue weighted by molar-refractivity contribution is 0.964. The smallest absolute Gasteiger partial charge is 0.0449 e. The summed E-state index contributed by atoms with van der Waals surface area (Å²) in [5.41, 5.74) is 6.75. The molecule has 0 fully saturated rings. The van der Waals surface area contributed by atoms with Gasteiger partial charge >= 0.3 is 0 Å². The molecule has 0 spiro atoms. The van der Waals surface area contributed by atoms with E-state index in [0.717, 1.165) is 23.3 Å². The zero-order valence-electron chi connectivity index (χ0n) is 16.3. The molecule has 25 heavy (non-hydrogen) atoms. The highest BCUT2D eigenvalue weighted by atomic mass is 15.1. The first-order chi connectivity index (χ1) is 12.0. The molecular formula is C24H31N. The molecular weight excluding hydrogens is 302 g/mol. The van der Waals surface area contributed by atoms with Crippen molar-refractivity contribution in [3.05, 3.63) is 90.6 Å². The third kappa shape index (κ3) is 5.79. The van der Waals surface area contributed by atoms with Crippen LogP contribution >= 0.6 is 0 Å². The van der Waals surface area contributed by atoms with Crippen LogP contribution in [0.3, 0.4) is 0 Å². The second kappa shape index (κ2) is 10.4. The standard InChI is InChI=1S/C24H31N/c1-8-11-13-15-19(4)22-18-24(25(7)10-3)23(17-21(22)6)20(5)16-14-12-9-2/h8-9,11-18H,4-5,10H2,1-3,6-7H3/b11-8-,12-9-,15-13-,16-14-. The van der Waals surface area contributed by atoms with Crippen LogP contribution < -0.4 is 4.90 Å². The highest BCUT2D eigenvalue weighted by Crippen LogP contribution is 2.32. The van der Waals surface area contributed by atoms with Gasteiger partial charge in [-0.3, -0.25) is 0 Å². The minimum atomic E-state index is 0.933. The molecule has 1 heteroatoms. The molecule has 0 aromatic heterocycles. The van der Waals surface area contributed by atoms with E-state index in [1.54, 1.807) is 0 Å². The van der Waals surface area contributed by atoms with Gasteiger partial charge in [-0.05, 0) is 62.1 Å². The molecule has 0 bridgehead atoms. The Hall–Kier alpha value is -2.54. The number of aryl methyl sites for hydroxylation is 1. The number of rotatable bonds is 8. The Kier molecular flexibility index (Phi) is 8.49. The fraction of sp³-hybridized carbons (Fsp3) is 0.250. The average molecular weight is 334 g/mol. The van der Waals surface area contributed by atoms with E-state index in [0.29, 0.717) is 0 Å². The number of hydrogen-bond donors (Lipinski definition) is 0. The Bertz CT molecular complexity index is 727. The van der Waals surface area contributed by atoms with Crippen molar-refractivity contribution in [3.63, 3.8) is 0 Å². The van der Waals surface area contributed by atoms with E-state index in [1.807, 2.05) is 50.3 Å². The van der Waals surface area contributed by atoms with Crippen LogP contribution in [0, 0.1) is 6.92 Å². The third-order valence-electron chi connectivity index (χ3n) is 4.12. The molecule has 1 aromatic carbocycles. The summed E-state index contributed by atoms with van der Waals surface area (Å²) in [5, 5.41) is 0. The molecule has 0 heterocycles. The zero-order chi connectivity index (χ0) is 18.8. The fourth-order valence-electron chi connectivity index (χ4n) is 2.53. The van der Waals surface area contributed by atoms with E-state index in [9.17, 15) is 0 Å². The summed E-state index contributed by atoms with van der Waals surface area (Å²) in [4.78, 5) is 2.25. The van der Waals surface area contributed by atoms with Gasteiger partial charge in [0, 0.05) is 24.8 Å². The summed E-state index contributed by atoms with van der Waals surface area (Å²) in [7, 11) is 2.11. The molecule has 0 saturated heterocycles. The maximum Gasteiger partial charge on any atom is 0.0449 e. The van der Waals surface area contributed by atoms with Gasteiger partial charge in [0.05, 0.1) is 0 Å². The van der Waals surface area contributed by atoms with E-state index >= 15 is 0 Å². The van der Waals surface area contributed by atoms with E-state index in [2.05, 4.69) is 63.2 Å². The third-order valence-corrected chi connectivity index (χ3v) is 4.12. The summed E-state index contributed by atoms with van der Waals surface area (Å²) in [5.74, 6) is 0. The number of benzene rings is 1. The maximum atomic E-state index is 4.26. The Morgan fingerprint density at radius 1 is 0.920 bits per heavy atom. The number of anilines is 1. The van der Waals surface area contributed by atoms with Crippen LogP contribution in [0.25, 0.3) is 11.1 Å². The quantitative estimate of drug-likeness (QED) is 0.476. The van der Waals surface area contributed by atoms with Crippen molar-refractivity contribution in [1.82, 2.24) is 0 Å². The van der Waals surface area contributed by atoms with Crippen LogP contribution in [0.2, 0.25) is 0 Å². The minimum absolute atomic E-state index is 0.933. The van der Waals surface area contributed by atoms with Crippen molar-refractivity contribution in [3.8, 4) is 0 Å². The molecule has 0 aliphatic carbocycles. The minimum Gasteiger partial charge on any atom is -0.374 e. The largest absolute Gasteiger partial charge is 0.374 e. The van der Waals surface area contributed by atoms with Gasteiger partial charge in [-0.1, -0.05) is 61.8 Å². The molecule has 1 aromatic rings. The zero-order valence-corrected chi connectivity index (χ0v) is 16.3. The van der Waals surface area contributed by atoms with Crippen LogP contribution in [0.4, 0.5) is 5.69 Å². The van der Waals surface area contributed by atoms with Crippen molar-refractivity contribution < 1.29 is 0 Å². The van der Waals surface area contributed by atoms with Gasteiger partial charge < -0.3 is 4.90 Å². The SMILES string of the molecule is C=C(/C=C\C=C/C)c1cc(N(C)CC)c(C(=C)/C=C\C=C/C)cc1C. The molecule has 0 N–H and O–H groups in total. The molecule has 132 valence electrons. The fourth-order valence-corrected chi connectivity index (χ4v) is 2.53. The van der Waals surface area contributed by atoms with Gasteiger partial charge in [-0.25, -0.2) is 0 Å². The average Bonchev–Trinajstić information content (AvgIpc) is 2.60. The number of nitrogens with zero attached hydrogens (tertiary/aromatic N) is 1. The Morgan fingerprint density at radius 2 is 1.44 bits per heavy atom. The van der Waals surface area contributed by atoms with Crippen molar-refractivity contribution in [1.29, 1.82) is 0 Å². The van der Waals surface area contributed by atoms with Crippen LogP contribution in [0.1, 0.15) is 37.5 Å². The summed E-state index contributed by atoms with van der Waals surface area (Å²) in [6.07, 6.45) is 16.2. The highest BCUT2D eigenvalue weighted by molar-refractivity contribution is 5.86. The van der Waals surface area contributed by atoms with Crippen LogP contribution in [0.5, 0.6) is 0 Å². The molecule has 0 aliphatic heterocycles. The molecule has 0 amide bonds. The summed E-state index contributed by atoms with van der Waals surface area (Å²) in [6.45, 7) is 17.7. The number of hydrogen-bond acceptors (Lipinski definition) is 1. The molecule has 0 aliphatic rings. The van der Waals surface area contributed by atoms with E-state index < -0.39 is 0 Å². The van der Waals surface area contributed by atoms with E-state index in [-0.39, 0.29) is 0 Å². The second-order valence-electron chi connectivity index (χ2n) is 6.02. The molecule has 0 saturated carbocycles. The van der Waals surface area contributed by atoms with Gasteiger partial charge in [0.15, 0.2) is 0 Å². The summed E-state index contributed by atoms with van der Waals surface area (Å²) < 4.78 is 0. The summed E-state index contributed by atoms with van der Waals surface area (Å²) in [6, 6.07) is 4.44. The first kappa shape index (κ1) is 20.5.